The van der Waals surface area contributed by atoms with E-state index in [0.717, 1.165) is 51.8 Å². The molecule has 3 fully saturated rings. The van der Waals surface area contributed by atoms with Crippen LogP contribution in [0.2, 0.25) is 0 Å². The highest BCUT2D eigenvalue weighted by molar-refractivity contribution is 4.88. The molecule has 2 aliphatic heterocycles. The van der Waals surface area contributed by atoms with Crippen molar-refractivity contribution >= 4 is 0 Å². The van der Waals surface area contributed by atoms with Crippen LogP contribution >= 0.6 is 0 Å². The molecule has 0 aromatic rings. The fourth-order valence-electron chi connectivity index (χ4n) is 4.35. The normalized spacial score (nSPS) is 39.6. The molecule has 2 heterocycles. The first-order valence-electron chi connectivity index (χ1n) is 10.1. The maximum Gasteiger partial charge on any atom is 0.113 e. The fraction of sp³-hybridized carbons (Fsp3) is 1.00. The van der Waals surface area contributed by atoms with Crippen molar-refractivity contribution in [1.29, 1.82) is 0 Å². The Kier molecular flexibility index (Phi) is 7.91. The molecule has 3 aliphatic rings. The minimum Gasteiger partial charge on any atom is -0.379 e. The van der Waals surface area contributed by atoms with E-state index in [0.29, 0.717) is 18.2 Å². The first-order chi connectivity index (χ1) is 12.3. The summed E-state index contributed by atoms with van der Waals surface area (Å²) < 4.78 is 11.9. The number of rotatable bonds is 8. The summed E-state index contributed by atoms with van der Waals surface area (Å²) in [7, 11) is 3.82. The zero-order valence-corrected chi connectivity index (χ0v) is 15.9. The third-order valence-electron chi connectivity index (χ3n) is 5.89. The van der Waals surface area contributed by atoms with Gasteiger partial charge in [0.1, 0.15) is 6.29 Å². The molecular formula is C18H37N5O2. The lowest BCUT2D eigenvalue weighted by molar-refractivity contribution is -0.0854. The molecule has 0 bridgehead atoms. The zero-order valence-electron chi connectivity index (χ0n) is 15.9. The van der Waals surface area contributed by atoms with E-state index >= 15 is 0 Å². The van der Waals surface area contributed by atoms with Crippen LogP contribution in [0.1, 0.15) is 44.9 Å². The van der Waals surface area contributed by atoms with Gasteiger partial charge in [0.25, 0.3) is 0 Å². The van der Waals surface area contributed by atoms with E-state index in [2.05, 4.69) is 26.6 Å². The maximum absolute atomic E-state index is 6.25. The van der Waals surface area contributed by atoms with Crippen LogP contribution in [0.4, 0.5) is 0 Å². The molecule has 1 aliphatic carbocycles. The van der Waals surface area contributed by atoms with E-state index in [1.54, 1.807) is 0 Å². The highest BCUT2D eigenvalue weighted by Gasteiger charge is 2.33. The standard InChI is InChI=1S/C18H37N5O2/c1-19-17-7-10-21-18(23-17)22-14-5-6-15(24-2)16(12-14)25-11-8-13-4-3-9-20-13/h13-23H,3-12H2,1-2H3/t13-,14?,15?,16?,17?,18?/m1/s1. The highest BCUT2D eigenvalue weighted by atomic mass is 16.5. The number of methoxy groups -OCH3 is 1. The Balaban J connectivity index is 1.42. The van der Waals surface area contributed by atoms with Crippen molar-refractivity contribution in [3.05, 3.63) is 0 Å². The quantitative estimate of drug-likeness (QED) is 0.422. The largest absolute Gasteiger partial charge is 0.379 e. The summed E-state index contributed by atoms with van der Waals surface area (Å²) in [6, 6.07) is 1.11. The molecule has 25 heavy (non-hydrogen) atoms. The molecule has 146 valence electrons. The lowest BCUT2D eigenvalue weighted by Crippen LogP contribution is -2.65. The Morgan fingerprint density at radius 1 is 1.04 bits per heavy atom. The van der Waals surface area contributed by atoms with E-state index in [1.165, 1.54) is 12.8 Å². The number of nitrogens with one attached hydrogen (secondary N) is 5. The molecule has 2 saturated heterocycles. The third kappa shape index (κ3) is 5.85. The Hall–Kier alpha value is -0.280. The van der Waals surface area contributed by atoms with Crippen molar-refractivity contribution in [2.75, 3.05) is 33.9 Å². The predicted octanol–water partition coefficient (Wildman–Crippen LogP) is 0.0828. The Morgan fingerprint density at radius 2 is 1.96 bits per heavy atom. The summed E-state index contributed by atoms with van der Waals surface area (Å²) in [4.78, 5) is 0. The van der Waals surface area contributed by atoms with Crippen molar-refractivity contribution < 1.29 is 9.47 Å². The lowest BCUT2D eigenvalue weighted by atomic mass is 9.90. The van der Waals surface area contributed by atoms with E-state index < -0.39 is 0 Å². The minimum absolute atomic E-state index is 0.165. The number of ether oxygens (including phenoxy) is 2. The first kappa shape index (κ1) is 19.5. The van der Waals surface area contributed by atoms with Gasteiger partial charge in [-0.05, 0) is 58.5 Å². The van der Waals surface area contributed by atoms with E-state index in [9.17, 15) is 0 Å². The Labute approximate surface area is 152 Å². The highest BCUT2D eigenvalue weighted by Crippen LogP contribution is 2.25. The summed E-state index contributed by atoms with van der Waals surface area (Å²) in [6.07, 6.45) is 8.97. The molecule has 0 radical (unpaired) electrons. The van der Waals surface area contributed by atoms with Gasteiger partial charge >= 0.3 is 0 Å². The van der Waals surface area contributed by atoms with Crippen molar-refractivity contribution in [2.45, 2.75) is 81.7 Å². The molecule has 5 N–H and O–H groups in total. The molecule has 1 saturated carbocycles. The Bertz CT molecular complexity index is 380. The molecule has 7 nitrogen and oxygen atoms in total. The van der Waals surface area contributed by atoms with Gasteiger partial charge in [-0.3, -0.25) is 16.0 Å². The SMILES string of the molecule is CNC1CCNC(NC2CCC(OC)C(OCC[C@H]3CCCN3)C2)N1. The van der Waals surface area contributed by atoms with Crippen molar-refractivity contribution in [2.24, 2.45) is 0 Å². The molecule has 7 heteroatoms. The van der Waals surface area contributed by atoms with Crippen LogP contribution in [0, 0.1) is 0 Å². The van der Waals surface area contributed by atoms with Crippen molar-refractivity contribution in [3.63, 3.8) is 0 Å². The van der Waals surface area contributed by atoms with Gasteiger partial charge in [-0.2, -0.15) is 0 Å². The summed E-state index contributed by atoms with van der Waals surface area (Å²) in [5.74, 6) is 0. The average molecular weight is 356 g/mol. The van der Waals surface area contributed by atoms with Gasteiger partial charge < -0.3 is 20.1 Å². The van der Waals surface area contributed by atoms with Crippen molar-refractivity contribution in [3.8, 4) is 0 Å². The molecule has 5 unspecified atom stereocenters. The van der Waals surface area contributed by atoms with E-state index in [-0.39, 0.29) is 18.5 Å². The summed E-state index contributed by atoms with van der Waals surface area (Å²) in [5, 5.41) is 17.6. The van der Waals surface area contributed by atoms with Crippen LogP contribution in [0.5, 0.6) is 0 Å². The molecule has 0 aromatic carbocycles. The lowest BCUT2D eigenvalue weighted by Gasteiger charge is -2.39. The van der Waals surface area contributed by atoms with Gasteiger partial charge in [-0.15, -0.1) is 0 Å². The van der Waals surface area contributed by atoms with Crippen LogP contribution in [0.15, 0.2) is 0 Å². The molecular weight excluding hydrogens is 318 g/mol. The van der Waals surface area contributed by atoms with Gasteiger partial charge in [-0.1, -0.05) is 0 Å². The second-order valence-electron chi connectivity index (χ2n) is 7.63. The zero-order chi connectivity index (χ0) is 17.5. The molecule has 6 atom stereocenters. The topological polar surface area (TPSA) is 78.6 Å². The smallest absolute Gasteiger partial charge is 0.113 e. The van der Waals surface area contributed by atoms with Crippen LogP contribution < -0.4 is 26.6 Å². The van der Waals surface area contributed by atoms with Crippen LogP contribution in [-0.4, -0.2) is 70.6 Å². The van der Waals surface area contributed by atoms with Crippen molar-refractivity contribution in [1.82, 2.24) is 26.6 Å². The molecule has 3 rings (SSSR count). The average Bonchev–Trinajstić information content (AvgIpc) is 3.16. The molecule has 0 amide bonds. The first-order valence-corrected chi connectivity index (χ1v) is 10.1. The number of hydrogen-bond acceptors (Lipinski definition) is 7. The molecule has 0 aromatic heterocycles. The fourth-order valence-corrected chi connectivity index (χ4v) is 4.35. The predicted molar refractivity (Wildman–Crippen MR) is 99.3 cm³/mol. The van der Waals surface area contributed by atoms with Gasteiger partial charge in [0.2, 0.25) is 0 Å². The van der Waals surface area contributed by atoms with Gasteiger partial charge in [0, 0.05) is 32.3 Å². The van der Waals surface area contributed by atoms with Gasteiger partial charge in [0.15, 0.2) is 0 Å². The second-order valence-corrected chi connectivity index (χ2v) is 7.63. The second kappa shape index (κ2) is 10.2. The third-order valence-corrected chi connectivity index (χ3v) is 5.89. The van der Waals surface area contributed by atoms with Gasteiger partial charge in [-0.25, -0.2) is 0 Å². The number of hydrogen-bond donors (Lipinski definition) is 5. The minimum atomic E-state index is 0.165. The van der Waals surface area contributed by atoms with E-state index in [1.807, 2.05) is 14.2 Å². The van der Waals surface area contributed by atoms with Crippen LogP contribution in [0.3, 0.4) is 0 Å². The maximum atomic E-state index is 6.25. The monoisotopic (exact) mass is 355 g/mol. The molecule has 0 spiro atoms. The van der Waals surface area contributed by atoms with Crippen LogP contribution in [0.25, 0.3) is 0 Å². The van der Waals surface area contributed by atoms with Crippen LogP contribution in [-0.2, 0) is 9.47 Å². The summed E-state index contributed by atoms with van der Waals surface area (Å²) in [5.41, 5.74) is 0. The Morgan fingerprint density at radius 3 is 2.72 bits per heavy atom. The van der Waals surface area contributed by atoms with Gasteiger partial charge in [0.05, 0.1) is 18.4 Å². The van der Waals surface area contributed by atoms with E-state index in [4.69, 9.17) is 9.47 Å². The summed E-state index contributed by atoms with van der Waals surface area (Å²) in [6.45, 7) is 3.02. The summed E-state index contributed by atoms with van der Waals surface area (Å²) >= 11 is 0.